The van der Waals surface area contributed by atoms with Crippen molar-refractivity contribution >= 4 is 28.6 Å². The Morgan fingerprint density at radius 1 is 1.19 bits per heavy atom. The highest BCUT2D eigenvalue weighted by atomic mass is 16.7. The molecule has 3 aromatic rings. The molecule has 0 saturated carbocycles. The summed E-state index contributed by atoms with van der Waals surface area (Å²) in [5.74, 6) is -0.918. The maximum Gasteiger partial charge on any atom is 0.335 e. The van der Waals surface area contributed by atoms with Crippen LogP contribution in [0.3, 0.4) is 0 Å². The highest BCUT2D eigenvalue weighted by Crippen LogP contribution is 2.38. The normalized spacial score (nSPS) is 14.5. The molecule has 2 aliphatic heterocycles. The van der Waals surface area contributed by atoms with Gasteiger partial charge in [0.05, 0.1) is 17.5 Å². The molecular formula is C20H15N3O3. The summed E-state index contributed by atoms with van der Waals surface area (Å²) in [7, 11) is 0. The monoisotopic (exact) mass is 345 g/mol. The first-order valence-electron chi connectivity index (χ1n) is 8.27. The number of hydrazine groups is 1. The summed E-state index contributed by atoms with van der Waals surface area (Å²) in [4.78, 5) is 16.8. The number of rotatable bonds is 2. The topological polar surface area (TPSA) is 66.7 Å². The maximum atomic E-state index is 11.3. The molecule has 0 amide bonds. The summed E-state index contributed by atoms with van der Waals surface area (Å²) in [6.45, 7) is 0.669. The molecule has 2 aromatic carbocycles. The first kappa shape index (κ1) is 14.7. The second-order valence-electron chi connectivity index (χ2n) is 6.19. The maximum absolute atomic E-state index is 11.3. The van der Waals surface area contributed by atoms with Crippen molar-refractivity contribution in [1.29, 1.82) is 0 Å². The van der Waals surface area contributed by atoms with Gasteiger partial charge in [0.2, 0.25) is 0 Å². The molecule has 2 N–H and O–H groups in total. The van der Waals surface area contributed by atoms with Crippen LogP contribution in [0, 0.1) is 0 Å². The van der Waals surface area contributed by atoms with Gasteiger partial charge in [0.25, 0.3) is 0 Å². The number of carboxylic acids is 1. The summed E-state index contributed by atoms with van der Waals surface area (Å²) >= 11 is 0. The molecule has 0 bridgehead atoms. The van der Waals surface area contributed by atoms with E-state index in [-0.39, 0.29) is 0 Å². The fourth-order valence-electron chi connectivity index (χ4n) is 3.56. The molecule has 0 aliphatic carbocycles. The average Bonchev–Trinajstić information content (AvgIpc) is 3.26. The summed E-state index contributed by atoms with van der Waals surface area (Å²) in [5.41, 5.74) is 8.33. The van der Waals surface area contributed by atoms with E-state index in [0.29, 0.717) is 12.1 Å². The average molecular weight is 345 g/mol. The van der Waals surface area contributed by atoms with E-state index in [1.54, 1.807) is 29.8 Å². The minimum Gasteiger partial charge on any atom is -0.478 e. The van der Waals surface area contributed by atoms with E-state index < -0.39 is 5.97 Å². The fourth-order valence-corrected chi connectivity index (χ4v) is 3.56. The van der Waals surface area contributed by atoms with Gasteiger partial charge in [0.1, 0.15) is 11.9 Å². The number of fused-ring (bicyclic) bond motifs is 5. The standard InChI is InChI=1S/C20H15N3O3/c24-20(25)14-7-6-13-11-19-16-3-1-5-17(23-21-8-10-26-23)15(16)4-2-9-22(19)18(13)12-14/h1-8,10-12,21H,9H2,(H,24,25). The van der Waals surface area contributed by atoms with E-state index in [0.717, 1.165) is 33.4 Å². The Bertz CT molecular complexity index is 1100. The number of nitrogens with zero attached hydrogens (tertiary/aromatic N) is 2. The third kappa shape index (κ3) is 2.09. The van der Waals surface area contributed by atoms with E-state index in [1.807, 2.05) is 18.2 Å². The van der Waals surface area contributed by atoms with Gasteiger partial charge in [-0.1, -0.05) is 30.4 Å². The van der Waals surface area contributed by atoms with Gasteiger partial charge in [0, 0.05) is 28.6 Å². The number of aromatic nitrogens is 1. The first-order valence-corrected chi connectivity index (χ1v) is 8.27. The van der Waals surface area contributed by atoms with Gasteiger partial charge in [-0.25, -0.2) is 4.79 Å². The van der Waals surface area contributed by atoms with Gasteiger partial charge in [0.15, 0.2) is 0 Å². The molecule has 0 saturated heterocycles. The van der Waals surface area contributed by atoms with Crippen LogP contribution in [0.25, 0.3) is 28.2 Å². The van der Waals surface area contributed by atoms with Crippen molar-refractivity contribution in [2.75, 3.05) is 5.17 Å². The zero-order chi connectivity index (χ0) is 17.7. The third-order valence-electron chi connectivity index (χ3n) is 4.73. The van der Waals surface area contributed by atoms with Gasteiger partial charge in [-0.2, -0.15) is 0 Å². The van der Waals surface area contributed by atoms with Crippen LogP contribution in [0.2, 0.25) is 0 Å². The Labute approximate surface area is 149 Å². The third-order valence-corrected chi connectivity index (χ3v) is 4.73. The molecule has 0 spiro atoms. The van der Waals surface area contributed by atoms with Crippen LogP contribution in [0.1, 0.15) is 15.9 Å². The lowest BCUT2D eigenvalue weighted by molar-refractivity contribution is 0.0697. The number of benzene rings is 2. The largest absolute Gasteiger partial charge is 0.478 e. The van der Waals surface area contributed by atoms with Crippen molar-refractivity contribution in [3.05, 3.63) is 72.1 Å². The number of allylic oxidation sites excluding steroid dienone is 1. The van der Waals surface area contributed by atoms with Gasteiger partial charge in [-0.15, -0.1) is 5.17 Å². The molecule has 2 aliphatic rings. The Morgan fingerprint density at radius 2 is 2.12 bits per heavy atom. The zero-order valence-electron chi connectivity index (χ0n) is 13.7. The summed E-state index contributed by atoms with van der Waals surface area (Å²) in [6, 6.07) is 13.4. The van der Waals surface area contributed by atoms with Gasteiger partial charge in [-0.3, -0.25) is 5.43 Å². The number of carbonyl (C=O) groups is 1. The SMILES string of the molecule is O=C(O)c1ccc2cc3n(c2c1)CC=Cc1c-3cccc1N1NC=CO1. The van der Waals surface area contributed by atoms with E-state index in [2.05, 4.69) is 34.3 Å². The van der Waals surface area contributed by atoms with Crippen molar-refractivity contribution in [3.8, 4) is 11.3 Å². The lowest BCUT2D eigenvalue weighted by atomic mass is 10.0. The highest BCUT2D eigenvalue weighted by molar-refractivity contribution is 5.97. The smallest absolute Gasteiger partial charge is 0.335 e. The minimum absolute atomic E-state index is 0.293. The summed E-state index contributed by atoms with van der Waals surface area (Å²) in [5, 5.41) is 11.9. The Morgan fingerprint density at radius 3 is 2.92 bits per heavy atom. The fraction of sp³-hybridized carbons (Fsp3) is 0.0500. The van der Waals surface area contributed by atoms with Gasteiger partial charge < -0.3 is 14.5 Å². The van der Waals surface area contributed by atoms with E-state index in [4.69, 9.17) is 4.84 Å². The quantitative estimate of drug-likeness (QED) is 0.740. The number of aromatic carboxylic acids is 1. The molecule has 6 heteroatoms. The molecule has 0 fully saturated rings. The van der Waals surface area contributed by atoms with E-state index in [1.165, 1.54) is 0 Å². The van der Waals surface area contributed by atoms with Crippen LogP contribution < -0.4 is 10.6 Å². The number of carboxylic acid groups (broad SMARTS) is 1. The molecule has 5 rings (SSSR count). The zero-order valence-corrected chi connectivity index (χ0v) is 13.7. The number of anilines is 1. The van der Waals surface area contributed by atoms with Crippen LogP contribution in [-0.2, 0) is 11.4 Å². The predicted molar refractivity (Wildman–Crippen MR) is 99.2 cm³/mol. The van der Waals surface area contributed by atoms with Gasteiger partial charge >= 0.3 is 5.97 Å². The van der Waals surface area contributed by atoms with Crippen molar-refractivity contribution in [1.82, 2.24) is 9.99 Å². The second-order valence-corrected chi connectivity index (χ2v) is 6.19. The number of nitrogens with one attached hydrogen (secondary N) is 1. The van der Waals surface area contributed by atoms with Crippen LogP contribution in [-0.4, -0.2) is 15.6 Å². The van der Waals surface area contributed by atoms with Crippen LogP contribution in [0.15, 0.2) is 61.0 Å². The summed E-state index contributed by atoms with van der Waals surface area (Å²) < 4.78 is 2.14. The van der Waals surface area contributed by atoms with Crippen molar-refractivity contribution in [3.63, 3.8) is 0 Å². The van der Waals surface area contributed by atoms with Crippen molar-refractivity contribution in [2.45, 2.75) is 6.54 Å². The second kappa shape index (κ2) is 5.42. The van der Waals surface area contributed by atoms with Crippen LogP contribution in [0.4, 0.5) is 5.69 Å². The Kier molecular flexibility index (Phi) is 3.05. The molecular weight excluding hydrogens is 330 g/mol. The molecule has 3 heterocycles. The lowest BCUT2D eigenvalue weighted by Crippen LogP contribution is -2.28. The molecule has 0 radical (unpaired) electrons. The highest BCUT2D eigenvalue weighted by Gasteiger charge is 2.21. The van der Waals surface area contributed by atoms with Crippen molar-refractivity contribution < 1.29 is 14.7 Å². The lowest BCUT2D eigenvalue weighted by Gasteiger charge is -2.20. The minimum atomic E-state index is -0.918. The van der Waals surface area contributed by atoms with Crippen molar-refractivity contribution in [2.24, 2.45) is 0 Å². The van der Waals surface area contributed by atoms with Crippen LogP contribution in [0.5, 0.6) is 0 Å². The molecule has 1 aromatic heterocycles. The number of hydrogen-bond donors (Lipinski definition) is 2. The molecule has 0 atom stereocenters. The van der Waals surface area contributed by atoms with E-state index >= 15 is 0 Å². The molecule has 0 unspecified atom stereocenters. The Balaban J connectivity index is 1.73. The van der Waals surface area contributed by atoms with Gasteiger partial charge in [-0.05, 0) is 24.3 Å². The molecule has 26 heavy (non-hydrogen) atoms. The van der Waals surface area contributed by atoms with Crippen LogP contribution >= 0.6 is 0 Å². The molecule has 128 valence electrons. The summed E-state index contributed by atoms with van der Waals surface area (Å²) in [6.07, 6.45) is 7.47. The van der Waals surface area contributed by atoms with E-state index in [9.17, 15) is 9.90 Å². The first-order chi connectivity index (χ1) is 12.7. The molecule has 6 nitrogen and oxygen atoms in total. The number of hydrogen-bond acceptors (Lipinski definition) is 4. The Hall–Kier alpha value is -3.67. The predicted octanol–water partition coefficient (Wildman–Crippen LogP) is 3.76.